The van der Waals surface area contributed by atoms with Gasteiger partial charge in [-0.15, -0.1) is 0 Å². The third-order valence-corrected chi connectivity index (χ3v) is 5.97. The smallest absolute Gasteiger partial charge is 0.0362 e. The highest BCUT2D eigenvalue weighted by molar-refractivity contribution is 5.02. The quantitative estimate of drug-likeness (QED) is 0.845. The number of hydrogen-bond donors (Lipinski definition) is 1. The van der Waals surface area contributed by atoms with E-state index in [4.69, 9.17) is 5.73 Å². The molecule has 0 amide bonds. The molecule has 1 heterocycles. The highest BCUT2D eigenvalue weighted by Gasteiger charge is 2.46. The number of piperidine rings is 1. The lowest BCUT2D eigenvalue weighted by Gasteiger charge is -2.55. The third-order valence-electron chi connectivity index (χ3n) is 5.97. The Kier molecular flexibility index (Phi) is 4.62. The molecule has 2 fully saturated rings. The Morgan fingerprint density at radius 2 is 1.74 bits per heavy atom. The van der Waals surface area contributed by atoms with E-state index in [1.54, 1.807) is 0 Å². The molecule has 1 aliphatic carbocycles. The van der Waals surface area contributed by atoms with Crippen LogP contribution in [0.15, 0.2) is 0 Å². The van der Waals surface area contributed by atoms with Crippen LogP contribution < -0.4 is 5.73 Å². The van der Waals surface area contributed by atoms with E-state index in [0.717, 1.165) is 18.4 Å². The standard InChI is InChI=1S/C17H34N2/c1-14(2)15-7-5-6-8-17(15,13-18)19-11-9-16(3,4)10-12-19/h14-15H,5-13,18H2,1-4H3. The van der Waals surface area contributed by atoms with Crippen LogP contribution in [0.3, 0.4) is 0 Å². The maximum atomic E-state index is 6.32. The molecule has 1 saturated carbocycles. The zero-order chi connectivity index (χ0) is 14.1. The van der Waals surface area contributed by atoms with Gasteiger partial charge in [-0.1, -0.05) is 40.5 Å². The lowest BCUT2D eigenvalue weighted by Crippen LogP contribution is -2.63. The van der Waals surface area contributed by atoms with Crippen molar-refractivity contribution >= 4 is 0 Å². The second kappa shape index (κ2) is 5.73. The first-order valence-corrected chi connectivity index (χ1v) is 8.36. The van der Waals surface area contributed by atoms with Crippen LogP contribution >= 0.6 is 0 Å². The van der Waals surface area contributed by atoms with Crippen molar-refractivity contribution in [3.8, 4) is 0 Å². The molecule has 0 aromatic carbocycles. The monoisotopic (exact) mass is 266 g/mol. The molecule has 0 aromatic heterocycles. The van der Waals surface area contributed by atoms with Crippen LogP contribution in [0.1, 0.15) is 66.2 Å². The fraction of sp³-hybridized carbons (Fsp3) is 1.00. The van der Waals surface area contributed by atoms with Crippen LogP contribution in [0.25, 0.3) is 0 Å². The van der Waals surface area contributed by atoms with Gasteiger partial charge >= 0.3 is 0 Å². The van der Waals surface area contributed by atoms with E-state index < -0.39 is 0 Å². The largest absolute Gasteiger partial charge is 0.329 e. The maximum Gasteiger partial charge on any atom is 0.0362 e. The summed E-state index contributed by atoms with van der Waals surface area (Å²) in [5.41, 5.74) is 7.17. The summed E-state index contributed by atoms with van der Waals surface area (Å²) in [6, 6.07) is 0. The van der Waals surface area contributed by atoms with Crippen LogP contribution in [-0.2, 0) is 0 Å². The molecule has 19 heavy (non-hydrogen) atoms. The molecule has 2 rings (SSSR count). The molecule has 0 radical (unpaired) electrons. The van der Waals surface area contributed by atoms with E-state index in [9.17, 15) is 0 Å². The Morgan fingerprint density at radius 3 is 2.26 bits per heavy atom. The van der Waals surface area contributed by atoms with Gasteiger partial charge in [-0.25, -0.2) is 0 Å². The molecule has 2 atom stereocenters. The molecule has 2 heteroatoms. The van der Waals surface area contributed by atoms with Gasteiger partial charge in [-0.2, -0.15) is 0 Å². The zero-order valence-electron chi connectivity index (χ0n) is 13.5. The van der Waals surface area contributed by atoms with Crippen LogP contribution in [-0.4, -0.2) is 30.1 Å². The fourth-order valence-electron chi connectivity index (χ4n) is 4.54. The van der Waals surface area contributed by atoms with E-state index in [1.807, 2.05) is 0 Å². The van der Waals surface area contributed by atoms with Gasteiger partial charge in [-0.3, -0.25) is 4.90 Å². The normalized spacial score (nSPS) is 36.6. The van der Waals surface area contributed by atoms with E-state index >= 15 is 0 Å². The molecule has 2 N–H and O–H groups in total. The molecule has 2 nitrogen and oxygen atoms in total. The summed E-state index contributed by atoms with van der Waals surface area (Å²) in [6.07, 6.45) is 8.16. The summed E-state index contributed by atoms with van der Waals surface area (Å²) < 4.78 is 0. The molecule has 0 bridgehead atoms. The molecular weight excluding hydrogens is 232 g/mol. The SMILES string of the molecule is CC(C)C1CCCCC1(CN)N1CCC(C)(C)CC1. The minimum absolute atomic E-state index is 0.308. The van der Waals surface area contributed by atoms with Crippen molar-refractivity contribution in [3.63, 3.8) is 0 Å². The first kappa shape index (κ1) is 15.3. The predicted octanol–water partition coefficient (Wildman–Crippen LogP) is 3.65. The van der Waals surface area contributed by atoms with Crippen LogP contribution in [0.5, 0.6) is 0 Å². The maximum absolute atomic E-state index is 6.32. The summed E-state index contributed by atoms with van der Waals surface area (Å²) in [5, 5.41) is 0. The fourth-order valence-corrected chi connectivity index (χ4v) is 4.54. The number of likely N-dealkylation sites (tertiary alicyclic amines) is 1. The van der Waals surface area contributed by atoms with Gasteiger partial charge in [0.25, 0.3) is 0 Å². The molecular formula is C17H34N2. The van der Waals surface area contributed by atoms with Gasteiger partial charge < -0.3 is 5.73 Å². The minimum atomic E-state index is 0.308. The second-order valence-electron chi connectivity index (χ2n) is 8.06. The van der Waals surface area contributed by atoms with Crippen LogP contribution in [0.2, 0.25) is 0 Å². The van der Waals surface area contributed by atoms with Gasteiger partial charge in [-0.05, 0) is 56.0 Å². The summed E-state index contributed by atoms with van der Waals surface area (Å²) in [6.45, 7) is 13.0. The Balaban J connectivity index is 2.16. The average molecular weight is 266 g/mol. The Morgan fingerprint density at radius 1 is 1.11 bits per heavy atom. The van der Waals surface area contributed by atoms with Crippen molar-refractivity contribution < 1.29 is 0 Å². The zero-order valence-corrected chi connectivity index (χ0v) is 13.5. The molecule has 0 aromatic rings. The summed E-state index contributed by atoms with van der Waals surface area (Å²) in [5.74, 6) is 1.56. The molecule has 1 saturated heterocycles. The Labute approximate surface area is 120 Å². The van der Waals surface area contributed by atoms with Crippen molar-refractivity contribution in [1.82, 2.24) is 4.90 Å². The first-order valence-electron chi connectivity index (χ1n) is 8.36. The highest BCUT2D eigenvalue weighted by Crippen LogP contribution is 2.44. The lowest BCUT2D eigenvalue weighted by molar-refractivity contribution is -0.0426. The number of rotatable bonds is 3. The van der Waals surface area contributed by atoms with E-state index in [0.29, 0.717) is 11.0 Å². The van der Waals surface area contributed by atoms with E-state index in [2.05, 4.69) is 32.6 Å². The summed E-state index contributed by atoms with van der Waals surface area (Å²) in [7, 11) is 0. The van der Waals surface area contributed by atoms with Gasteiger partial charge in [0.1, 0.15) is 0 Å². The molecule has 1 aliphatic heterocycles. The van der Waals surface area contributed by atoms with Crippen molar-refractivity contribution in [3.05, 3.63) is 0 Å². The molecule has 2 aliphatic rings. The molecule has 2 unspecified atom stereocenters. The van der Waals surface area contributed by atoms with Gasteiger partial charge in [0.2, 0.25) is 0 Å². The molecule has 0 spiro atoms. The topological polar surface area (TPSA) is 29.3 Å². The average Bonchev–Trinajstić information content (AvgIpc) is 2.38. The number of nitrogens with zero attached hydrogens (tertiary/aromatic N) is 1. The van der Waals surface area contributed by atoms with Crippen LogP contribution in [0.4, 0.5) is 0 Å². The summed E-state index contributed by atoms with van der Waals surface area (Å²) >= 11 is 0. The number of hydrogen-bond acceptors (Lipinski definition) is 2. The van der Waals surface area contributed by atoms with Crippen LogP contribution in [0, 0.1) is 17.3 Å². The van der Waals surface area contributed by atoms with E-state index in [-0.39, 0.29) is 0 Å². The highest BCUT2D eigenvalue weighted by atomic mass is 15.2. The van der Waals surface area contributed by atoms with Gasteiger partial charge in [0.15, 0.2) is 0 Å². The summed E-state index contributed by atoms with van der Waals surface area (Å²) in [4.78, 5) is 2.78. The molecule has 112 valence electrons. The van der Waals surface area contributed by atoms with Crippen molar-refractivity contribution in [1.29, 1.82) is 0 Å². The van der Waals surface area contributed by atoms with Gasteiger partial charge in [0.05, 0.1) is 0 Å². The lowest BCUT2D eigenvalue weighted by atomic mass is 9.65. The Hall–Kier alpha value is -0.0800. The predicted molar refractivity (Wildman–Crippen MR) is 83.2 cm³/mol. The number of nitrogens with two attached hydrogens (primary N) is 1. The van der Waals surface area contributed by atoms with Gasteiger partial charge in [0, 0.05) is 12.1 Å². The first-order chi connectivity index (χ1) is 8.91. The second-order valence-corrected chi connectivity index (χ2v) is 8.06. The minimum Gasteiger partial charge on any atom is -0.329 e. The van der Waals surface area contributed by atoms with Crippen molar-refractivity contribution in [2.24, 2.45) is 23.0 Å². The van der Waals surface area contributed by atoms with Crippen molar-refractivity contribution in [2.75, 3.05) is 19.6 Å². The van der Waals surface area contributed by atoms with E-state index in [1.165, 1.54) is 51.6 Å². The Bertz CT molecular complexity index is 288. The third kappa shape index (κ3) is 3.00. The van der Waals surface area contributed by atoms with Crippen molar-refractivity contribution in [2.45, 2.75) is 71.8 Å².